The molecule has 1 aliphatic heterocycles. The summed E-state index contributed by atoms with van der Waals surface area (Å²) >= 11 is 0. The van der Waals surface area contributed by atoms with Gasteiger partial charge < -0.3 is 14.7 Å². The highest BCUT2D eigenvalue weighted by Gasteiger charge is 2.43. The molecule has 0 bridgehead atoms. The van der Waals surface area contributed by atoms with Crippen molar-refractivity contribution in [2.75, 3.05) is 33.4 Å². The zero-order valence-corrected chi connectivity index (χ0v) is 9.66. The minimum atomic E-state index is -0.719. The summed E-state index contributed by atoms with van der Waals surface area (Å²) in [6.45, 7) is 4.64. The van der Waals surface area contributed by atoms with E-state index in [1.165, 1.54) is 0 Å². The quantitative estimate of drug-likeness (QED) is 0.723. The maximum atomic E-state index is 11.2. The molecule has 1 aliphatic rings. The third kappa shape index (κ3) is 3.18. The Morgan fingerprint density at radius 1 is 1.60 bits per heavy atom. The number of ether oxygens (including phenoxy) is 1. The second kappa shape index (κ2) is 5.47. The molecule has 1 N–H and O–H groups in total. The van der Waals surface area contributed by atoms with Crippen molar-refractivity contribution in [2.24, 2.45) is 5.41 Å². The summed E-state index contributed by atoms with van der Waals surface area (Å²) in [6.07, 6.45) is 2.90. The minimum Gasteiger partial charge on any atom is -0.481 e. The topological polar surface area (TPSA) is 49.8 Å². The Morgan fingerprint density at radius 2 is 2.33 bits per heavy atom. The Labute approximate surface area is 91.2 Å². The van der Waals surface area contributed by atoms with Crippen LogP contribution in [0.1, 0.15) is 26.2 Å². The van der Waals surface area contributed by atoms with Crippen molar-refractivity contribution in [2.45, 2.75) is 26.2 Å². The number of hydrogen-bond acceptors (Lipinski definition) is 3. The molecule has 15 heavy (non-hydrogen) atoms. The fourth-order valence-corrected chi connectivity index (χ4v) is 1.99. The molecule has 1 rings (SSSR count). The van der Waals surface area contributed by atoms with E-state index in [-0.39, 0.29) is 0 Å². The molecule has 0 aromatic heterocycles. The van der Waals surface area contributed by atoms with Crippen molar-refractivity contribution >= 4 is 5.97 Å². The Bertz CT molecular complexity index is 212. The number of hydrogen-bond donors (Lipinski definition) is 1. The minimum absolute atomic E-state index is 0.360. The van der Waals surface area contributed by atoms with Gasteiger partial charge in [0, 0.05) is 13.2 Å². The van der Waals surface area contributed by atoms with Crippen molar-refractivity contribution in [1.82, 2.24) is 4.90 Å². The lowest BCUT2D eigenvalue weighted by Crippen LogP contribution is -2.42. The van der Waals surface area contributed by atoms with Crippen molar-refractivity contribution in [1.29, 1.82) is 0 Å². The molecule has 1 heterocycles. The summed E-state index contributed by atoms with van der Waals surface area (Å²) in [7, 11) is 1.98. The number of carboxylic acids is 1. The van der Waals surface area contributed by atoms with Gasteiger partial charge in [-0.25, -0.2) is 0 Å². The van der Waals surface area contributed by atoms with Crippen molar-refractivity contribution in [3.8, 4) is 0 Å². The van der Waals surface area contributed by atoms with Gasteiger partial charge in [-0.2, -0.15) is 0 Å². The summed E-state index contributed by atoms with van der Waals surface area (Å²) in [6, 6.07) is 0. The van der Waals surface area contributed by atoms with E-state index in [4.69, 9.17) is 4.74 Å². The van der Waals surface area contributed by atoms with Gasteiger partial charge in [0.05, 0.1) is 6.61 Å². The predicted molar refractivity (Wildman–Crippen MR) is 57.9 cm³/mol. The van der Waals surface area contributed by atoms with Gasteiger partial charge in [-0.1, -0.05) is 13.3 Å². The van der Waals surface area contributed by atoms with Crippen LogP contribution in [0, 0.1) is 5.41 Å². The van der Waals surface area contributed by atoms with Gasteiger partial charge in [0.15, 0.2) is 0 Å². The highest BCUT2D eigenvalue weighted by Crippen LogP contribution is 2.29. The molecule has 1 saturated heterocycles. The first kappa shape index (κ1) is 12.5. The average Bonchev–Trinajstić information content (AvgIpc) is 2.64. The van der Waals surface area contributed by atoms with E-state index in [0.29, 0.717) is 26.2 Å². The molecule has 0 aromatic rings. The van der Waals surface area contributed by atoms with Crippen molar-refractivity contribution in [3.63, 3.8) is 0 Å². The molecule has 4 nitrogen and oxygen atoms in total. The molecule has 0 aliphatic carbocycles. The van der Waals surface area contributed by atoms with Crippen LogP contribution in [0.15, 0.2) is 0 Å². The highest BCUT2D eigenvalue weighted by molar-refractivity contribution is 5.75. The van der Waals surface area contributed by atoms with Crippen LogP contribution in [-0.4, -0.2) is 49.3 Å². The van der Waals surface area contributed by atoms with E-state index in [0.717, 1.165) is 19.4 Å². The monoisotopic (exact) mass is 215 g/mol. The maximum absolute atomic E-state index is 11.2. The number of carboxylic acid groups (broad SMARTS) is 1. The zero-order valence-electron chi connectivity index (χ0n) is 9.66. The van der Waals surface area contributed by atoms with Crippen LogP contribution in [0.25, 0.3) is 0 Å². The lowest BCUT2D eigenvalue weighted by Gasteiger charge is -2.28. The van der Waals surface area contributed by atoms with Gasteiger partial charge >= 0.3 is 5.97 Å². The van der Waals surface area contributed by atoms with Gasteiger partial charge in [-0.15, -0.1) is 0 Å². The molecule has 4 heteroatoms. The fourth-order valence-electron chi connectivity index (χ4n) is 1.99. The van der Waals surface area contributed by atoms with Gasteiger partial charge in [-0.05, 0) is 26.4 Å². The first-order valence-corrected chi connectivity index (χ1v) is 5.60. The van der Waals surface area contributed by atoms with E-state index < -0.39 is 11.4 Å². The fraction of sp³-hybridized carbons (Fsp3) is 0.909. The molecule has 1 atom stereocenters. The molecular weight excluding hydrogens is 194 g/mol. The predicted octanol–water partition coefficient (Wildman–Crippen LogP) is 1.21. The summed E-state index contributed by atoms with van der Waals surface area (Å²) in [5, 5.41) is 9.23. The first-order chi connectivity index (χ1) is 7.10. The molecule has 0 aromatic carbocycles. The second-order valence-corrected chi connectivity index (χ2v) is 4.48. The smallest absolute Gasteiger partial charge is 0.313 e. The van der Waals surface area contributed by atoms with E-state index in [9.17, 15) is 9.90 Å². The van der Waals surface area contributed by atoms with Crippen LogP contribution in [0.4, 0.5) is 0 Å². The Hall–Kier alpha value is -0.610. The van der Waals surface area contributed by atoms with E-state index in [1.54, 1.807) is 0 Å². The summed E-state index contributed by atoms with van der Waals surface area (Å²) in [5.74, 6) is -0.719. The van der Waals surface area contributed by atoms with Crippen molar-refractivity contribution in [3.05, 3.63) is 0 Å². The molecule has 0 saturated carbocycles. The maximum Gasteiger partial charge on any atom is 0.313 e. The van der Waals surface area contributed by atoms with Crippen LogP contribution < -0.4 is 0 Å². The van der Waals surface area contributed by atoms with Crippen LogP contribution in [-0.2, 0) is 9.53 Å². The molecule has 1 unspecified atom stereocenters. The highest BCUT2D eigenvalue weighted by atomic mass is 16.5. The largest absolute Gasteiger partial charge is 0.481 e. The van der Waals surface area contributed by atoms with Gasteiger partial charge in [-0.3, -0.25) is 4.79 Å². The molecule has 0 spiro atoms. The first-order valence-electron chi connectivity index (χ1n) is 5.60. The number of rotatable bonds is 6. The van der Waals surface area contributed by atoms with Gasteiger partial charge in [0.2, 0.25) is 0 Å². The normalized spacial score (nSPS) is 26.1. The summed E-state index contributed by atoms with van der Waals surface area (Å²) < 4.78 is 5.22. The molecule has 1 fully saturated rings. The SMILES string of the molecule is CCCCN(C)CC1(C(=O)O)CCOC1. The molecular formula is C11H21NO3. The van der Waals surface area contributed by atoms with Crippen molar-refractivity contribution < 1.29 is 14.6 Å². The average molecular weight is 215 g/mol. The molecule has 0 amide bonds. The standard InChI is InChI=1S/C11H21NO3/c1-3-4-6-12(2)8-11(10(13)14)5-7-15-9-11/h3-9H2,1-2H3,(H,13,14). The Kier molecular flexibility index (Phi) is 4.54. The lowest BCUT2D eigenvalue weighted by molar-refractivity contribution is -0.150. The molecule has 88 valence electrons. The Morgan fingerprint density at radius 3 is 2.80 bits per heavy atom. The summed E-state index contributed by atoms with van der Waals surface area (Å²) in [5.41, 5.74) is -0.664. The third-order valence-electron chi connectivity index (χ3n) is 3.02. The van der Waals surface area contributed by atoms with E-state index in [1.807, 2.05) is 7.05 Å². The Balaban J connectivity index is 2.48. The van der Waals surface area contributed by atoms with Crippen LogP contribution in [0.2, 0.25) is 0 Å². The lowest BCUT2D eigenvalue weighted by atomic mass is 9.87. The second-order valence-electron chi connectivity index (χ2n) is 4.48. The number of nitrogens with zero attached hydrogens (tertiary/aromatic N) is 1. The molecule has 0 radical (unpaired) electrons. The van der Waals surface area contributed by atoms with Crippen LogP contribution in [0.3, 0.4) is 0 Å². The van der Waals surface area contributed by atoms with Crippen LogP contribution >= 0.6 is 0 Å². The van der Waals surface area contributed by atoms with Gasteiger partial charge in [0.1, 0.15) is 5.41 Å². The van der Waals surface area contributed by atoms with E-state index >= 15 is 0 Å². The third-order valence-corrected chi connectivity index (χ3v) is 3.02. The van der Waals surface area contributed by atoms with Gasteiger partial charge in [0.25, 0.3) is 0 Å². The van der Waals surface area contributed by atoms with Crippen LogP contribution in [0.5, 0.6) is 0 Å². The zero-order chi connectivity index (χ0) is 11.3. The number of aliphatic carboxylic acids is 1. The number of carbonyl (C=O) groups is 1. The number of unbranched alkanes of at least 4 members (excludes halogenated alkanes) is 1. The van der Waals surface area contributed by atoms with E-state index in [2.05, 4.69) is 11.8 Å². The summed E-state index contributed by atoms with van der Waals surface area (Å²) in [4.78, 5) is 13.3.